The first kappa shape index (κ1) is 15.0. The zero-order valence-electron chi connectivity index (χ0n) is 11.1. The van der Waals surface area contributed by atoms with Gasteiger partial charge in [0.1, 0.15) is 0 Å². The van der Waals surface area contributed by atoms with Crippen molar-refractivity contribution in [2.24, 2.45) is 0 Å². The van der Waals surface area contributed by atoms with Crippen molar-refractivity contribution in [3.8, 4) is 0 Å². The monoisotopic (exact) mass is 270 g/mol. The summed E-state index contributed by atoms with van der Waals surface area (Å²) >= 11 is 0. The van der Waals surface area contributed by atoms with Gasteiger partial charge in [-0.15, -0.1) is 0 Å². The van der Waals surface area contributed by atoms with E-state index in [0.717, 1.165) is 25.1 Å². The van der Waals surface area contributed by atoms with E-state index in [1.165, 1.54) is 0 Å². The number of sulfonamides is 1. The van der Waals surface area contributed by atoms with E-state index in [2.05, 4.69) is 10.0 Å². The number of aryl methyl sites for hydroxylation is 1. The van der Waals surface area contributed by atoms with E-state index < -0.39 is 10.0 Å². The second kappa shape index (κ2) is 7.38. The summed E-state index contributed by atoms with van der Waals surface area (Å²) < 4.78 is 26.2. The van der Waals surface area contributed by atoms with Gasteiger partial charge in [-0.05, 0) is 50.6 Å². The van der Waals surface area contributed by atoms with Gasteiger partial charge in [-0.25, -0.2) is 8.42 Å². The Morgan fingerprint density at radius 1 is 1.22 bits per heavy atom. The van der Waals surface area contributed by atoms with Gasteiger partial charge < -0.3 is 5.32 Å². The Labute approximate surface area is 110 Å². The van der Waals surface area contributed by atoms with Gasteiger partial charge in [0, 0.05) is 5.69 Å². The van der Waals surface area contributed by atoms with E-state index in [4.69, 9.17) is 0 Å². The van der Waals surface area contributed by atoms with Crippen molar-refractivity contribution in [1.82, 2.24) is 5.32 Å². The Morgan fingerprint density at radius 2 is 2.00 bits per heavy atom. The summed E-state index contributed by atoms with van der Waals surface area (Å²) in [7, 11) is -3.22. The largest absolute Gasteiger partial charge is 0.317 e. The molecular weight excluding hydrogens is 248 g/mol. The van der Waals surface area contributed by atoms with Crippen molar-refractivity contribution < 1.29 is 8.42 Å². The third-order valence-electron chi connectivity index (χ3n) is 2.56. The molecule has 0 radical (unpaired) electrons. The second-order valence-electron chi connectivity index (χ2n) is 4.35. The molecule has 0 atom stereocenters. The zero-order chi connectivity index (χ0) is 13.4. The minimum absolute atomic E-state index is 0.173. The van der Waals surface area contributed by atoms with Crippen LogP contribution >= 0.6 is 0 Å². The summed E-state index contributed by atoms with van der Waals surface area (Å²) in [6.07, 6.45) is 1.55. The van der Waals surface area contributed by atoms with Crippen LogP contribution in [-0.4, -0.2) is 27.3 Å². The average Bonchev–Trinajstić information content (AvgIpc) is 2.28. The van der Waals surface area contributed by atoms with Gasteiger partial charge in [-0.1, -0.05) is 19.1 Å². The highest BCUT2D eigenvalue weighted by molar-refractivity contribution is 7.92. The molecule has 0 aliphatic carbocycles. The van der Waals surface area contributed by atoms with Gasteiger partial charge in [-0.2, -0.15) is 0 Å². The summed E-state index contributed by atoms with van der Waals surface area (Å²) in [5.41, 5.74) is 1.68. The molecule has 0 aromatic heterocycles. The molecule has 5 heteroatoms. The molecule has 0 aliphatic heterocycles. The molecule has 0 amide bonds. The smallest absolute Gasteiger partial charge is 0.232 e. The number of unbranched alkanes of at least 4 members (excludes halogenated alkanes) is 1. The Balaban J connectivity index is 2.40. The highest BCUT2D eigenvalue weighted by Crippen LogP contribution is 2.12. The van der Waals surface area contributed by atoms with E-state index in [-0.39, 0.29) is 5.75 Å². The van der Waals surface area contributed by atoms with Crippen molar-refractivity contribution in [2.45, 2.75) is 26.7 Å². The van der Waals surface area contributed by atoms with Crippen LogP contribution in [0.15, 0.2) is 24.3 Å². The quantitative estimate of drug-likeness (QED) is 0.711. The Hall–Kier alpha value is -1.07. The third-order valence-corrected chi connectivity index (χ3v) is 3.93. The predicted octanol–water partition coefficient (Wildman–Crippen LogP) is 2.13. The molecule has 0 saturated heterocycles. The number of hydrogen-bond donors (Lipinski definition) is 2. The standard InChI is InChI=1S/C13H22N2O2S/c1-3-14-9-4-5-10-18(16,17)15-13-8-6-7-12(2)11-13/h6-8,11,14-15H,3-5,9-10H2,1-2H3. The minimum Gasteiger partial charge on any atom is -0.317 e. The average molecular weight is 270 g/mol. The summed E-state index contributed by atoms with van der Waals surface area (Å²) in [4.78, 5) is 0. The van der Waals surface area contributed by atoms with Gasteiger partial charge in [0.15, 0.2) is 0 Å². The molecule has 1 aromatic carbocycles. The second-order valence-corrected chi connectivity index (χ2v) is 6.19. The fourth-order valence-electron chi connectivity index (χ4n) is 1.66. The molecule has 102 valence electrons. The number of nitrogens with one attached hydrogen (secondary N) is 2. The van der Waals surface area contributed by atoms with Gasteiger partial charge in [-0.3, -0.25) is 4.72 Å². The van der Waals surface area contributed by atoms with E-state index >= 15 is 0 Å². The van der Waals surface area contributed by atoms with Crippen LogP contribution in [0.2, 0.25) is 0 Å². The van der Waals surface area contributed by atoms with E-state index in [1.54, 1.807) is 6.07 Å². The lowest BCUT2D eigenvalue weighted by Crippen LogP contribution is -2.19. The Bertz CT molecular complexity index is 458. The van der Waals surface area contributed by atoms with Crippen LogP contribution in [0.5, 0.6) is 0 Å². The highest BCUT2D eigenvalue weighted by Gasteiger charge is 2.09. The SMILES string of the molecule is CCNCCCCS(=O)(=O)Nc1cccc(C)c1. The molecule has 0 unspecified atom stereocenters. The van der Waals surface area contributed by atoms with Crippen molar-refractivity contribution in [3.63, 3.8) is 0 Å². The number of hydrogen-bond acceptors (Lipinski definition) is 3. The topological polar surface area (TPSA) is 58.2 Å². The van der Waals surface area contributed by atoms with Crippen molar-refractivity contribution >= 4 is 15.7 Å². The minimum atomic E-state index is -3.22. The van der Waals surface area contributed by atoms with Crippen LogP contribution in [-0.2, 0) is 10.0 Å². The summed E-state index contributed by atoms with van der Waals surface area (Å²) in [6, 6.07) is 7.38. The molecule has 1 rings (SSSR count). The zero-order valence-corrected chi connectivity index (χ0v) is 11.9. The maximum absolute atomic E-state index is 11.8. The predicted molar refractivity (Wildman–Crippen MR) is 76.4 cm³/mol. The molecule has 4 nitrogen and oxygen atoms in total. The molecule has 2 N–H and O–H groups in total. The van der Waals surface area contributed by atoms with Crippen LogP contribution in [0.3, 0.4) is 0 Å². The Morgan fingerprint density at radius 3 is 2.67 bits per heavy atom. The van der Waals surface area contributed by atoms with E-state index in [9.17, 15) is 8.42 Å². The van der Waals surface area contributed by atoms with Crippen LogP contribution in [0.4, 0.5) is 5.69 Å². The van der Waals surface area contributed by atoms with Gasteiger partial charge in [0.25, 0.3) is 0 Å². The lowest BCUT2D eigenvalue weighted by Gasteiger charge is -2.08. The van der Waals surface area contributed by atoms with Crippen LogP contribution in [0.25, 0.3) is 0 Å². The molecule has 0 heterocycles. The normalized spacial score (nSPS) is 11.4. The Kier molecular flexibility index (Phi) is 6.15. The lowest BCUT2D eigenvalue weighted by atomic mass is 10.2. The van der Waals surface area contributed by atoms with Crippen molar-refractivity contribution in [3.05, 3.63) is 29.8 Å². The first-order chi connectivity index (χ1) is 8.53. The molecule has 0 saturated carbocycles. The number of anilines is 1. The number of rotatable bonds is 8. The first-order valence-corrected chi connectivity index (χ1v) is 7.96. The van der Waals surface area contributed by atoms with Gasteiger partial charge >= 0.3 is 0 Å². The molecule has 1 aromatic rings. The third kappa shape index (κ3) is 6.02. The number of benzene rings is 1. The van der Waals surface area contributed by atoms with Crippen molar-refractivity contribution in [2.75, 3.05) is 23.6 Å². The van der Waals surface area contributed by atoms with Crippen LogP contribution in [0.1, 0.15) is 25.3 Å². The molecule has 0 fully saturated rings. The molecule has 0 spiro atoms. The summed E-state index contributed by atoms with van der Waals surface area (Å²) in [5, 5.41) is 3.18. The molecule has 0 aliphatic rings. The summed E-state index contributed by atoms with van der Waals surface area (Å²) in [5.74, 6) is 0.173. The fraction of sp³-hybridized carbons (Fsp3) is 0.538. The van der Waals surface area contributed by atoms with E-state index in [0.29, 0.717) is 12.1 Å². The molecule has 0 bridgehead atoms. The summed E-state index contributed by atoms with van der Waals surface area (Å²) in [6.45, 7) is 5.77. The molecular formula is C13H22N2O2S. The highest BCUT2D eigenvalue weighted by atomic mass is 32.2. The molecule has 18 heavy (non-hydrogen) atoms. The van der Waals surface area contributed by atoms with Gasteiger partial charge in [0.2, 0.25) is 10.0 Å². The van der Waals surface area contributed by atoms with Gasteiger partial charge in [0.05, 0.1) is 5.75 Å². The lowest BCUT2D eigenvalue weighted by molar-refractivity contribution is 0.593. The van der Waals surface area contributed by atoms with Crippen LogP contribution < -0.4 is 10.0 Å². The fourth-order valence-corrected chi connectivity index (χ4v) is 2.83. The first-order valence-electron chi connectivity index (χ1n) is 6.31. The van der Waals surface area contributed by atoms with E-state index in [1.807, 2.05) is 32.0 Å². The maximum Gasteiger partial charge on any atom is 0.232 e. The van der Waals surface area contributed by atoms with Crippen LogP contribution in [0, 0.1) is 6.92 Å². The maximum atomic E-state index is 11.8. The van der Waals surface area contributed by atoms with Crippen molar-refractivity contribution in [1.29, 1.82) is 0 Å².